The Morgan fingerprint density at radius 2 is 2.29 bits per heavy atom. The number of amides is 2. The molecule has 8 nitrogen and oxygen atoms in total. The molecule has 0 spiro atoms. The molecule has 1 fully saturated rings. The monoisotopic (exact) mass is 295 g/mol. The average molecular weight is 295 g/mol. The van der Waals surface area contributed by atoms with Gasteiger partial charge in [0.1, 0.15) is 6.33 Å². The molecule has 1 atom stereocenters. The molecule has 2 amide bonds. The number of likely N-dealkylation sites (tertiary alicyclic amines) is 1. The van der Waals surface area contributed by atoms with Crippen LogP contribution >= 0.6 is 0 Å². The molecule has 0 bridgehead atoms. The second-order valence-corrected chi connectivity index (χ2v) is 5.52. The van der Waals surface area contributed by atoms with Crippen LogP contribution in [-0.2, 0) is 18.4 Å². The van der Waals surface area contributed by atoms with Crippen molar-refractivity contribution in [1.29, 1.82) is 0 Å². The molecule has 1 aliphatic rings. The van der Waals surface area contributed by atoms with E-state index in [4.69, 9.17) is 0 Å². The van der Waals surface area contributed by atoms with E-state index in [1.165, 1.54) is 0 Å². The van der Waals surface area contributed by atoms with Crippen molar-refractivity contribution in [2.75, 3.05) is 13.1 Å². The van der Waals surface area contributed by atoms with Gasteiger partial charge in [-0.25, -0.2) is 4.79 Å². The first-order valence-electron chi connectivity index (χ1n) is 7.07. The van der Waals surface area contributed by atoms with Crippen molar-refractivity contribution in [1.82, 2.24) is 25.0 Å². The number of urea groups is 1. The number of nitrogens with zero attached hydrogens (tertiary/aromatic N) is 4. The highest BCUT2D eigenvalue weighted by molar-refractivity contribution is 5.79. The van der Waals surface area contributed by atoms with Gasteiger partial charge in [0, 0.05) is 20.1 Å². The van der Waals surface area contributed by atoms with Crippen molar-refractivity contribution in [3.63, 3.8) is 0 Å². The summed E-state index contributed by atoms with van der Waals surface area (Å²) in [7, 11) is 1.80. The summed E-state index contributed by atoms with van der Waals surface area (Å²) in [5.41, 5.74) is -0.795. The number of carbonyl (C=O) groups is 2. The van der Waals surface area contributed by atoms with Gasteiger partial charge in [0.25, 0.3) is 0 Å². The molecule has 2 N–H and O–H groups in total. The number of carbonyl (C=O) groups excluding carboxylic acids is 1. The van der Waals surface area contributed by atoms with Gasteiger partial charge in [0.15, 0.2) is 5.82 Å². The summed E-state index contributed by atoms with van der Waals surface area (Å²) in [6.45, 7) is 2.97. The van der Waals surface area contributed by atoms with Gasteiger partial charge in [0.05, 0.1) is 12.0 Å². The molecule has 1 aliphatic heterocycles. The Morgan fingerprint density at radius 1 is 1.52 bits per heavy atom. The maximum Gasteiger partial charge on any atom is 0.317 e. The van der Waals surface area contributed by atoms with Gasteiger partial charge < -0.3 is 19.9 Å². The fraction of sp³-hybridized carbons (Fsp3) is 0.692. The summed E-state index contributed by atoms with van der Waals surface area (Å²) in [6, 6.07) is -0.253. The van der Waals surface area contributed by atoms with E-state index in [0.717, 1.165) is 6.42 Å². The van der Waals surface area contributed by atoms with Crippen LogP contribution < -0.4 is 5.32 Å². The lowest BCUT2D eigenvalue weighted by atomic mass is 9.83. The second kappa shape index (κ2) is 6.11. The van der Waals surface area contributed by atoms with Crippen LogP contribution in [0.1, 0.15) is 32.0 Å². The van der Waals surface area contributed by atoms with Crippen molar-refractivity contribution < 1.29 is 14.7 Å². The van der Waals surface area contributed by atoms with Crippen molar-refractivity contribution in [3.8, 4) is 0 Å². The van der Waals surface area contributed by atoms with E-state index in [9.17, 15) is 14.7 Å². The van der Waals surface area contributed by atoms with Gasteiger partial charge in [-0.15, -0.1) is 10.2 Å². The van der Waals surface area contributed by atoms with E-state index in [1.54, 1.807) is 22.8 Å². The standard InChI is InChI=1S/C13H21N5O3/c1-3-4-13(11(19)20)5-6-18(8-13)12(21)14-7-10-16-15-9-17(10)2/h9H,3-8H2,1-2H3,(H,14,21)(H,19,20). The van der Waals surface area contributed by atoms with Crippen molar-refractivity contribution in [3.05, 3.63) is 12.2 Å². The lowest BCUT2D eigenvalue weighted by Crippen LogP contribution is -2.41. The first kappa shape index (κ1) is 15.3. The largest absolute Gasteiger partial charge is 0.481 e. The predicted molar refractivity (Wildman–Crippen MR) is 74.4 cm³/mol. The number of hydrogen-bond donors (Lipinski definition) is 2. The number of hydrogen-bond acceptors (Lipinski definition) is 4. The first-order chi connectivity index (χ1) is 9.98. The maximum atomic E-state index is 12.1. The molecule has 1 saturated heterocycles. The molecule has 1 unspecified atom stereocenters. The van der Waals surface area contributed by atoms with Gasteiger partial charge in [0.2, 0.25) is 0 Å². The first-order valence-corrected chi connectivity index (χ1v) is 7.07. The van der Waals surface area contributed by atoms with Crippen LogP contribution in [0.5, 0.6) is 0 Å². The SMILES string of the molecule is CCCC1(C(=O)O)CCN(C(=O)NCc2nncn2C)C1. The Balaban J connectivity index is 1.92. The summed E-state index contributed by atoms with van der Waals surface area (Å²) in [4.78, 5) is 25.2. The van der Waals surface area contributed by atoms with Crippen LogP contribution in [-0.4, -0.2) is 49.9 Å². The molecule has 0 aromatic carbocycles. The summed E-state index contributed by atoms with van der Waals surface area (Å²) in [5, 5.41) is 19.8. The Hall–Kier alpha value is -2.12. The highest BCUT2D eigenvalue weighted by Gasteiger charge is 2.45. The van der Waals surface area contributed by atoms with Crippen LogP contribution in [0.2, 0.25) is 0 Å². The normalized spacial score (nSPS) is 21.5. The fourth-order valence-electron chi connectivity index (χ4n) is 2.74. The summed E-state index contributed by atoms with van der Waals surface area (Å²) in [6.07, 6.45) is 3.46. The van der Waals surface area contributed by atoms with Crippen molar-refractivity contribution in [2.45, 2.75) is 32.7 Å². The molecule has 2 heterocycles. The van der Waals surface area contributed by atoms with Crippen LogP contribution in [0.15, 0.2) is 6.33 Å². The quantitative estimate of drug-likeness (QED) is 0.828. The Labute approximate surface area is 123 Å². The zero-order chi connectivity index (χ0) is 15.5. The van der Waals surface area contributed by atoms with E-state index < -0.39 is 11.4 Å². The number of carboxylic acids is 1. The number of aromatic nitrogens is 3. The average Bonchev–Trinajstić information content (AvgIpc) is 3.04. The van der Waals surface area contributed by atoms with Crippen molar-refractivity contribution in [2.24, 2.45) is 12.5 Å². The number of rotatable bonds is 5. The molecule has 1 aromatic heterocycles. The van der Waals surface area contributed by atoms with E-state index in [1.807, 2.05) is 6.92 Å². The molecule has 0 radical (unpaired) electrons. The van der Waals surface area contributed by atoms with Gasteiger partial charge in [-0.2, -0.15) is 0 Å². The van der Waals surface area contributed by atoms with Crippen LogP contribution in [0.25, 0.3) is 0 Å². The van der Waals surface area contributed by atoms with Gasteiger partial charge in [-0.3, -0.25) is 4.79 Å². The minimum absolute atomic E-state index is 0.253. The van der Waals surface area contributed by atoms with Gasteiger partial charge in [-0.05, 0) is 12.8 Å². The number of aryl methyl sites for hydroxylation is 1. The zero-order valence-electron chi connectivity index (χ0n) is 12.4. The smallest absolute Gasteiger partial charge is 0.317 e. The summed E-state index contributed by atoms with van der Waals surface area (Å²) < 4.78 is 1.73. The van der Waals surface area contributed by atoms with Crippen molar-refractivity contribution >= 4 is 12.0 Å². The zero-order valence-corrected chi connectivity index (χ0v) is 12.4. The molecule has 116 valence electrons. The minimum Gasteiger partial charge on any atom is -0.481 e. The third kappa shape index (κ3) is 3.14. The number of aliphatic carboxylic acids is 1. The maximum absolute atomic E-state index is 12.1. The van der Waals surface area contributed by atoms with E-state index in [-0.39, 0.29) is 19.1 Å². The second-order valence-electron chi connectivity index (χ2n) is 5.52. The predicted octanol–water partition coefficient (Wildman–Crippen LogP) is 0.602. The Bertz CT molecular complexity index is 530. The molecule has 0 aliphatic carbocycles. The number of carboxylic acid groups (broad SMARTS) is 1. The summed E-state index contributed by atoms with van der Waals surface area (Å²) in [5.74, 6) is -0.159. The number of nitrogens with one attached hydrogen (secondary N) is 1. The Kier molecular flexibility index (Phi) is 4.44. The highest BCUT2D eigenvalue weighted by Crippen LogP contribution is 2.35. The molecular weight excluding hydrogens is 274 g/mol. The lowest BCUT2D eigenvalue weighted by molar-refractivity contribution is -0.148. The highest BCUT2D eigenvalue weighted by atomic mass is 16.4. The van der Waals surface area contributed by atoms with Crippen LogP contribution in [0.4, 0.5) is 4.79 Å². The summed E-state index contributed by atoms with van der Waals surface area (Å²) >= 11 is 0. The van der Waals surface area contributed by atoms with E-state index in [0.29, 0.717) is 25.2 Å². The van der Waals surface area contributed by atoms with Gasteiger partial charge in [-0.1, -0.05) is 13.3 Å². The molecule has 2 rings (SSSR count). The third-order valence-electron chi connectivity index (χ3n) is 4.03. The molecule has 1 aromatic rings. The molecule has 0 saturated carbocycles. The minimum atomic E-state index is -0.812. The van der Waals surface area contributed by atoms with E-state index in [2.05, 4.69) is 15.5 Å². The topological polar surface area (TPSA) is 100 Å². The van der Waals surface area contributed by atoms with E-state index >= 15 is 0 Å². The Morgan fingerprint density at radius 3 is 2.86 bits per heavy atom. The molecule has 21 heavy (non-hydrogen) atoms. The third-order valence-corrected chi connectivity index (χ3v) is 4.03. The molecular formula is C13H21N5O3. The van der Waals surface area contributed by atoms with Crippen LogP contribution in [0, 0.1) is 5.41 Å². The fourth-order valence-corrected chi connectivity index (χ4v) is 2.74. The van der Waals surface area contributed by atoms with Gasteiger partial charge >= 0.3 is 12.0 Å². The van der Waals surface area contributed by atoms with Crippen LogP contribution in [0.3, 0.4) is 0 Å². The molecule has 8 heteroatoms. The lowest BCUT2D eigenvalue weighted by Gasteiger charge is -2.24.